The van der Waals surface area contributed by atoms with E-state index in [1.165, 1.54) is 0 Å². The summed E-state index contributed by atoms with van der Waals surface area (Å²) in [5, 5.41) is 3.81. The van der Waals surface area contributed by atoms with Gasteiger partial charge in [-0.15, -0.1) is 0 Å². The minimum atomic E-state index is -0.486. The second-order valence-electron chi connectivity index (χ2n) is 3.96. The van der Waals surface area contributed by atoms with Gasteiger partial charge in [0.1, 0.15) is 12.0 Å². The molecule has 0 amide bonds. The molecule has 1 aromatic heterocycles. The van der Waals surface area contributed by atoms with E-state index < -0.39 is 5.92 Å². The van der Waals surface area contributed by atoms with Crippen LogP contribution < -0.4 is 0 Å². The Kier molecular flexibility index (Phi) is 5.77. The molecule has 0 saturated heterocycles. The number of nitrogens with zero attached hydrogens (tertiary/aromatic N) is 2. The summed E-state index contributed by atoms with van der Waals surface area (Å²) in [6, 6.07) is 0. The predicted molar refractivity (Wildman–Crippen MR) is 64.0 cm³/mol. The van der Waals surface area contributed by atoms with Crippen LogP contribution in [0.4, 0.5) is 0 Å². The summed E-state index contributed by atoms with van der Waals surface area (Å²) >= 11 is 0. The molecule has 0 fully saturated rings. The van der Waals surface area contributed by atoms with Crippen molar-refractivity contribution in [3.8, 4) is 0 Å². The molecule has 18 heavy (non-hydrogen) atoms. The zero-order valence-electron chi connectivity index (χ0n) is 11.3. The number of rotatable bonds is 7. The molecule has 2 atom stereocenters. The smallest absolute Gasteiger partial charge is 0.318 e. The monoisotopic (exact) mass is 256 g/mol. The molecule has 0 aromatic carbocycles. The third-order valence-electron chi connectivity index (χ3n) is 2.62. The van der Waals surface area contributed by atoms with Crippen molar-refractivity contribution in [3.63, 3.8) is 0 Å². The zero-order valence-corrected chi connectivity index (χ0v) is 11.3. The van der Waals surface area contributed by atoms with Crippen LogP contribution in [0.5, 0.6) is 0 Å². The van der Waals surface area contributed by atoms with Gasteiger partial charge < -0.3 is 14.0 Å². The van der Waals surface area contributed by atoms with Gasteiger partial charge in [0, 0.05) is 7.11 Å². The van der Waals surface area contributed by atoms with Crippen LogP contribution in [0.1, 0.15) is 57.3 Å². The highest BCUT2D eigenvalue weighted by Gasteiger charge is 2.28. The second-order valence-corrected chi connectivity index (χ2v) is 3.96. The fourth-order valence-electron chi connectivity index (χ4n) is 1.53. The van der Waals surface area contributed by atoms with Gasteiger partial charge in [-0.3, -0.25) is 4.79 Å². The van der Waals surface area contributed by atoms with Crippen molar-refractivity contribution in [1.82, 2.24) is 10.1 Å². The largest absolute Gasteiger partial charge is 0.465 e. The molecule has 6 nitrogen and oxygen atoms in total. The molecule has 0 aliphatic carbocycles. The van der Waals surface area contributed by atoms with Crippen molar-refractivity contribution < 1.29 is 18.8 Å². The lowest BCUT2D eigenvalue weighted by Crippen LogP contribution is -2.16. The van der Waals surface area contributed by atoms with E-state index in [1.807, 2.05) is 13.8 Å². The topological polar surface area (TPSA) is 74.5 Å². The van der Waals surface area contributed by atoms with Crippen LogP contribution in [-0.4, -0.2) is 29.8 Å². The molecule has 2 unspecified atom stereocenters. The van der Waals surface area contributed by atoms with Gasteiger partial charge >= 0.3 is 5.97 Å². The maximum atomic E-state index is 11.8. The number of aromatic nitrogens is 2. The predicted octanol–water partition coefficient (Wildman–Crippen LogP) is 2.22. The first kappa shape index (κ1) is 14.6. The van der Waals surface area contributed by atoms with Gasteiger partial charge in [0.25, 0.3) is 0 Å². The summed E-state index contributed by atoms with van der Waals surface area (Å²) in [6.45, 7) is 5.91. The summed E-state index contributed by atoms with van der Waals surface area (Å²) in [5.74, 6) is -0.0630. The molecule has 1 aromatic rings. The van der Waals surface area contributed by atoms with Gasteiger partial charge in [-0.1, -0.05) is 18.5 Å². The lowest BCUT2D eigenvalue weighted by atomic mass is 10.0. The van der Waals surface area contributed by atoms with E-state index in [2.05, 4.69) is 10.1 Å². The van der Waals surface area contributed by atoms with Crippen LogP contribution in [0.2, 0.25) is 0 Å². The minimum absolute atomic E-state index is 0.257. The molecule has 6 heteroatoms. The van der Waals surface area contributed by atoms with E-state index in [9.17, 15) is 4.79 Å². The molecule has 0 N–H and O–H groups in total. The van der Waals surface area contributed by atoms with Crippen molar-refractivity contribution in [2.75, 3.05) is 13.7 Å². The Morgan fingerprint density at radius 3 is 2.72 bits per heavy atom. The molecule has 0 radical (unpaired) electrons. The zero-order chi connectivity index (χ0) is 13.5. The second kappa shape index (κ2) is 7.10. The van der Waals surface area contributed by atoms with Crippen molar-refractivity contribution >= 4 is 5.97 Å². The van der Waals surface area contributed by atoms with Crippen molar-refractivity contribution in [2.24, 2.45) is 0 Å². The Balaban J connectivity index is 2.85. The van der Waals surface area contributed by atoms with Crippen LogP contribution in [0.15, 0.2) is 4.52 Å². The molecule has 0 aliphatic rings. The van der Waals surface area contributed by atoms with Gasteiger partial charge in [-0.25, -0.2) is 0 Å². The van der Waals surface area contributed by atoms with Crippen LogP contribution in [-0.2, 0) is 14.3 Å². The summed E-state index contributed by atoms with van der Waals surface area (Å²) in [5.41, 5.74) is 0. The Morgan fingerprint density at radius 1 is 1.44 bits per heavy atom. The average molecular weight is 256 g/mol. The molecule has 0 bridgehead atoms. The number of ether oxygens (including phenoxy) is 2. The minimum Gasteiger partial charge on any atom is -0.465 e. The fraction of sp³-hybridized carbons (Fsp3) is 0.750. The molecular formula is C12H20N2O4. The highest BCUT2D eigenvalue weighted by Crippen LogP contribution is 2.23. The molecule has 102 valence electrons. The van der Waals surface area contributed by atoms with Crippen molar-refractivity contribution in [2.45, 2.75) is 45.6 Å². The van der Waals surface area contributed by atoms with Gasteiger partial charge in [0.05, 0.1) is 6.61 Å². The number of methoxy groups -OCH3 is 1. The summed E-state index contributed by atoms with van der Waals surface area (Å²) < 4.78 is 15.2. The summed E-state index contributed by atoms with van der Waals surface area (Å²) in [6.07, 6.45) is 1.20. The Morgan fingerprint density at radius 2 is 2.17 bits per heavy atom. The lowest BCUT2D eigenvalue weighted by Gasteiger charge is -2.09. The first-order chi connectivity index (χ1) is 8.63. The maximum absolute atomic E-state index is 11.8. The van der Waals surface area contributed by atoms with Gasteiger partial charge in [0.2, 0.25) is 5.89 Å². The highest BCUT2D eigenvalue weighted by molar-refractivity contribution is 5.76. The number of hydrogen-bond donors (Lipinski definition) is 0. The first-order valence-electron chi connectivity index (χ1n) is 6.16. The Hall–Kier alpha value is -1.43. The van der Waals surface area contributed by atoms with E-state index in [0.29, 0.717) is 24.7 Å². The van der Waals surface area contributed by atoms with Gasteiger partial charge in [-0.05, 0) is 20.3 Å². The van der Waals surface area contributed by atoms with Crippen LogP contribution in [0.3, 0.4) is 0 Å². The molecular weight excluding hydrogens is 236 g/mol. The molecule has 0 spiro atoms. The molecule has 1 heterocycles. The lowest BCUT2D eigenvalue weighted by molar-refractivity contribution is -0.145. The summed E-state index contributed by atoms with van der Waals surface area (Å²) in [7, 11) is 1.57. The third kappa shape index (κ3) is 3.53. The van der Waals surface area contributed by atoms with E-state index in [4.69, 9.17) is 14.0 Å². The molecule has 0 saturated carbocycles. The number of hydrogen-bond acceptors (Lipinski definition) is 6. The van der Waals surface area contributed by atoms with Gasteiger partial charge in [-0.2, -0.15) is 4.98 Å². The highest BCUT2D eigenvalue weighted by atomic mass is 16.5. The standard InChI is InChI=1S/C12H20N2O4/c1-5-7-9(12(15)17-6-2)11-13-10(14-18-11)8(3)16-4/h8-9H,5-7H2,1-4H3. The van der Waals surface area contributed by atoms with Crippen LogP contribution >= 0.6 is 0 Å². The SMILES string of the molecule is CCCC(C(=O)OCC)c1nc(C(C)OC)no1. The van der Waals surface area contributed by atoms with Crippen LogP contribution in [0, 0.1) is 0 Å². The number of carbonyl (C=O) groups excluding carboxylic acids is 1. The number of carbonyl (C=O) groups is 1. The Labute approximate surface area is 107 Å². The van der Waals surface area contributed by atoms with E-state index in [1.54, 1.807) is 14.0 Å². The van der Waals surface area contributed by atoms with Crippen molar-refractivity contribution in [1.29, 1.82) is 0 Å². The first-order valence-corrected chi connectivity index (χ1v) is 6.16. The number of esters is 1. The summed E-state index contributed by atoms with van der Waals surface area (Å²) in [4.78, 5) is 16.0. The third-order valence-corrected chi connectivity index (χ3v) is 2.62. The molecule has 0 aliphatic heterocycles. The quantitative estimate of drug-likeness (QED) is 0.696. The maximum Gasteiger partial charge on any atom is 0.318 e. The van der Waals surface area contributed by atoms with Crippen molar-refractivity contribution in [3.05, 3.63) is 11.7 Å². The van der Waals surface area contributed by atoms with Crippen LogP contribution in [0.25, 0.3) is 0 Å². The van der Waals surface area contributed by atoms with E-state index in [0.717, 1.165) is 6.42 Å². The van der Waals surface area contributed by atoms with E-state index in [-0.39, 0.29) is 12.1 Å². The van der Waals surface area contributed by atoms with E-state index >= 15 is 0 Å². The van der Waals surface area contributed by atoms with Gasteiger partial charge in [0.15, 0.2) is 5.82 Å². The Bertz CT molecular complexity index is 378. The fourth-order valence-corrected chi connectivity index (χ4v) is 1.53. The molecule has 1 rings (SSSR count). The normalized spacial score (nSPS) is 14.2. The average Bonchev–Trinajstić information content (AvgIpc) is 2.84.